The predicted molar refractivity (Wildman–Crippen MR) is 151 cm³/mol. The van der Waals surface area contributed by atoms with Crippen LogP contribution in [0.5, 0.6) is 11.5 Å². The van der Waals surface area contributed by atoms with Gasteiger partial charge in [0.15, 0.2) is 0 Å². The van der Waals surface area contributed by atoms with Crippen molar-refractivity contribution in [3.63, 3.8) is 0 Å². The fourth-order valence-electron chi connectivity index (χ4n) is 3.70. The van der Waals surface area contributed by atoms with Crippen LogP contribution in [-0.2, 0) is 31.9 Å². The molecule has 212 valence electrons. The molecule has 0 aliphatic carbocycles. The van der Waals surface area contributed by atoms with E-state index in [9.17, 15) is 9.59 Å². The normalized spacial score (nSPS) is 11.9. The third-order valence-electron chi connectivity index (χ3n) is 5.39. The van der Waals surface area contributed by atoms with Gasteiger partial charge in [-0.05, 0) is 89.0 Å². The zero-order valence-corrected chi connectivity index (χ0v) is 23.9. The highest BCUT2D eigenvalue weighted by Gasteiger charge is 2.19. The van der Waals surface area contributed by atoms with Crippen molar-refractivity contribution < 1.29 is 28.5 Å². The molecule has 2 rings (SSSR count). The number of ether oxygens (including phenoxy) is 4. The van der Waals surface area contributed by atoms with Gasteiger partial charge in [-0.1, -0.05) is 38.1 Å². The highest BCUT2D eigenvalue weighted by Crippen LogP contribution is 2.15. The van der Waals surface area contributed by atoms with Gasteiger partial charge < -0.3 is 29.6 Å². The van der Waals surface area contributed by atoms with E-state index >= 15 is 0 Å². The van der Waals surface area contributed by atoms with E-state index in [2.05, 4.69) is 10.6 Å². The first kappa shape index (κ1) is 32.9. The van der Waals surface area contributed by atoms with Gasteiger partial charge in [-0.15, -0.1) is 0 Å². The summed E-state index contributed by atoms with van der Waals surface area (Å²) in [5.41, 5.74) is 2.17. The number of esters is 2. The Hall–Kier alpha value is -3.10. The standard InChI is InChI=1S/2C15H23NO3/c2*1-4-16-14(15(17)19-6-3)11-12-7-9-13(10-8-12)18-5-2/h2*7-10,14,16H,4-6,11H2,1-3H3. The molecule has 2 N–H and O–H groups in total. The molecule has 2 atom stereocenters. The highest BCUT2D eigenvalue weighted by atomic mass is 16.5. The van der Waals surface area contributed by atoms with E-state index in [4.69, 9.17) is 18.9 Å². The molecular formula is C30H46N2O6. The second kappa shape index (κ2) is 19.9. The van der Waals surface area contributed by atoms with Crippen LogP contribution >= 0.6 is 0 Å². The third-order valence-corrected chi connectivity index (χ3v) is 5.39. The van der Waals surface area contributed by atoms with Crippen molar-refractivity contribution in [1.82, 2.24) is 10.6 Å². The molecule has 2 aromatic rings. The summed E-state index contributed by atoms with van der Waals surface area (Å²) in [6.07, 6.45) is 1.25. The smallest absolute Gasteiger partial charge is 0.323 e. The fourth-order valence-corrected chi connectivity index (χ4v) is 3.70. The molecule has 2 unspecified atom stereocenters. The highest BCUT2D eigenvalue weighted by molar-refractivity contribution is 5.76. The van der Waals surface area contributed by atoms with E-state index in [0.29, 0.717) is 39.3 Å². The summed E-state index contributed by atoms with van der Waals surface area (Å²) in [5.74, 6) is 1.31. The van der Waals surface area contributed by atoms with E-state index in [1.54, 1.807) is 0 Å². The van der Waals surface area contributed by atoms with E-state index < -0.39 is 0 Å². The number of benzene rings is 2. The quantitative estimate of drug-likeness (QED) is 0.310. The maximum Gasteiger partial charge on any atom is 0.323 e. The molecule has 0 radical (unpaired) electrons. The molecule has 8 nitrogen and oxygen atoms in total. The molecule has 0 amide bonds. The molecule has 8 heteroatoms. The topological polar surface area (TPSA) is 95.1 Å². The van der Waals surface area contributed by atoms with Crippen LogP contribution in [0, 0.1) is 0 Å². The van der Waals surface area contributed by atoms with Gasteiger partial charge in [0.25, 0.3) is 0 Å². The summed E-state index contributed by atoms with van der Waals surface area (Å²) >= 11 is 0. The molecule has 0 aliphatic heterocycles. The fraction of sp³-hybridized carbons (Fsp3) is 0.533. The Morgan fingerprint density at radius 1 is 0.579 bits per heavy atom. The lowest BCUT2D eigenvalue weighted by Gasteiger charge is -2.16. The number of hydrogen-bond donors (Lipinski definition) is 2. The van der Waals surface area contributed by atoms with Crippen molar-refractivity contribution in [1.29, 1.82) is 0 Å². The lowest BCUT2D eigenvalue weighted by molar-refractivity contribution is -0.146. The summed E-state index contributed by atoms with van der Waals surface area (Å²) in [5, 5.41) is 6.30. The zero-order chi connectivity index (χ0) is 28.2. The molecule has 38 heavy (non-hydrogen) atoms. The first-order valence-electron chi connectivity index (χ1n) is 13.7. The van der Waals surface area contributed by atoms with Crippen LogP contribution in [0.2, 0.25) is 0 Å². The first-order chi connectivity index (χ1) is 18.4. The maximum absolute atomic E-state index is 11.8. The molecular weight excluding hydrogens is 484 g/mol. The largest absolute Gasteiger partial charge is 0.494 e. The lowest BCUT2D eigenvalue weighted by atomic mass is 10.1. The van der Waals surface area contributed by atoms with Crippen molar-refractivity contribution in [2.24, 2.45) is 0 Å². The summed E-state index contributed by atoms with van der Waals surface area (Å²) < 4.78 is 20.9. The number of nitrogens with one attached hydrogen (secondary N) is 2. The summed E-state index contributed by atoms with van der Waals surface area (Å²) in [6.45, 7) is 15.1. The van der Waals surface area contributed by atoms with Crippen molar-refractivity contribution in [3.05, 3.63) is 59.7 Å². The second-order valence-corrected chi connectivity index (χ2v) is 8.29. The Labute approximate surface area is 228 Å². The van der Waals surface area contributed by atoms with E-state index in [1.165, 1.54) is 0 Å². The Balaban J connectivity index is 0.000000380. The average molecular weight is 531 g/mol. The minimum absolute atomic E-state index is 0.196. The maximum atomic E-state index is 11.8. The minimum atomic E-state index is -0.289. The van der Waals surface area contributed by atoms with Crippen molar-refractivity contribution >= 4 is 11.9 Å². The summed E-state index contributed by atoms with van der Waals surface area (Å²) in [6, 6.07) is 15.0. The van der Waals surface area contributed by atoms with Crippen LogP contribution in [-0.4, -0.2) is 63.5 Å². The van der Waals surface area contributed by atoms with E-state index in [1.807, 2.05) is 90.1 Å². The molecule has 0 aliphatic rings. The monoisotopic (exact) mass is 530 g/mol. The lowest BCUT2D eigenvalue weighted by Crippen LogP contribution is -2.39. The predicted octanol–water partition coefficient (Wildman–Crippen LogP) is 4.34. The molecule has 0 fully saturated rings. The van der Waals surface area contributed by atoms with Crippen LogP contribution in [0.25, 0.3) is 0 Å². The number of carbonyl (C=O) groups is 2. The Morgan fingerprint density at radius 3 is 1.18 bits per heavy atom. The van der Waals surface area contributed by atoms with Gasteiger partial charge in [-0.2, -0.15) is 0 Å². The van der Waals surface area contributed by atoms with Gasteiger partial charge in [0, 0.05) is 0 Å². The van der Waals surface area contributed by atoms with Crippen LogP contribution in [0.3, 0.4) is 0 Å². The van der Waals surface area contributed by atoms with E-state index in [0.717, 1.165) is 35.7 Å². The number of hydrogen-bond acceptors (Lipinski definition) is 8. The van der Waals surface area contributed by atoms with Crippen LogP contribution in [0.4, 0.5) is 0 Å². The van der Waals surface area contributed by atoms with E-state index in [-0.39, 0.29) is 24.0 Å². The van der Waals surface area contributed by atoms with Crippen LogP contribution < -0.4 is 20.1 Å². The zero-order valence-electron chi connectivity index (χ0n) is 23.9. The van der Waals surface area contributed by atoms with Gasteiger partial charge >= 0.3 is 11.9 Å². The third kappa shape index (κ3) is 12.9. The second-order valence-electron chi connectivity index (χ2n) is 8.29. The van der Waals surface area contributed by atoms with Gasteiger partial charge in [0.05, 0.1) is 26.4 Å². The van der Waals surface area contributed by atoms with Crippen molar-refractivity contribution in [3.8, 4) is 11.5 Å². The molecule has 0 spiro atoms. The average Bonchev–Trinajstić information content (AvgIpc) is 2.91. The van der Waals surface area contributed by atoms with Gasteiger partial charge in [-0.25, -0.2) is 0 Å². The molecule has 0 bridgehead atoms. The Morgan fingerprint density at radius 2 is 0.921 bits per heavy atom. The summed E-state index contributed by atoms with van der Waals surface area (Å²) in [4.78, 5) is 23.6. The molecule has 0 saturated carbocycles. The Bertz CT molecular complexity index is 826. The molecule has 2 aromatic carbocycles. The van der Waals surface area contributed by atoms with Gasteiger partial charge in [0.2, 0.25) is 0 Å². The molecule has 0 aromatic heterocycles. The number of likely N-dealkylation sites (N-methyl/N-ethyl adjacent to an activating group) is 2. The number of carbonyl (C=O) groups excluding carboxylic acids is 2. The summed E-state index contributed by atoms with van der Waals surface area (Å²) in [7, 11) is 0. The van der Waals surface area contributed by atoms with Gasteiger partial charge in [-0.3, -0.25) is 9.59 Å². The Kier molecular flexibility index (Phi) is 17.3. The SMILES string of the molecule is CCNC(Cc1ccc(OCC)cc1)C(=O)OCC.CCNC(Cc1ccc(OCC)cc1)C(=O)OCC. The van der Waals surface area contributed by atoms with Crippen LogP contribution in [0.15, 0.2) is 48.5 Å². The van der Waals surface area contributed by atoms with Crippen LogP contribution in [0.1, 0.15) is 52.7 Å². The molecule has 0 saturated heterocycles. The minimum Gasteiger partial charge on any atom is -0.494 e. The number of rotatable bonds is 16. The first-order valence-corrected chi connectivity index (χ1v) is 13.7. The molecule has 0 heterocycles. The van der Waals surface area contributed by atoms with Crippen molar-refractivity contribution in [2.75, 3.05) is 39.5 Å². The van der Waals surface area contributed by atoms with Gasteiger partial charge in [0.1, 0.15) is 23.6 Å². The van der Waals surface area contributed by atoms with Crippen molar-refractivity contribution in [2.45, 2.75) is 66.5 Å².